The lowest BCUT2D eigenvalue weighted by molar-refractivity contribution is 0.448. The van der Waals surface area contributed by atoms with Gasteiger partial charge in [0.2, 0.25) is 0 Å². The molecular weight excluding hydrogens is 234 g/mol. The zero-order valence-corrected chi connectivity index (χ0v) is 10.8. The third-order valence-corrected chi connectivity index (χ3v) is 3.23. The molecule has 1 aliphatic rings. The molecule has 0 spiro atoms. The van der Waals surface area contributed by atoms with E-state index in [-0.39, 0.29) is 0 Å². The number of benzene rings is 2. The molecule has 0 amide bonds. The van der Waals surface area contributed by atoms with Gasteiger partial charge in [-0.1, -0.05) is 36.4 Å². The number of allylic oxidation sites excluding steroid dienone is 1. The van der Waals surface area contributed by atoms with Crippen molar-refractivity contribution in [3.05, 3.63) is 71.5 Å². The van der Waals surface area contributed by atoms with E-state index in [0.29, 0.717) is 11.4 Å². The van der Waals surface area contributed by atoms with Gasteiger partial charge in [-0.05, 0) is 30.7 Å². The van der Waals surface area contributed by atoms with Crippen LogP contribution in [0.5, 0.6) is 5.75 Å². The van der Waals surface area contributed by atoms with E-state index in [9.17, 15) is 0 Å². The number of nitrogens with two attached hydrogens (primary N) is 1. The second kappa shape index (κ2) is 4.32. The van der Waals surface area contributed by atoms with Gasteiger partial charge in [-0.15, -0.1) is 0 Å². The molecule has 0 bridgehead atoms. The number of anilines is 1. The Bertz CT molecular complexity index is 681. The maximum atomic E-state index is 5.77. The predicted octanol–water partition coefficient (Wildman–Crippen LogP) is 4.02. The number of aryl methyl sites for hydroxylation is 1. The highest BCUT2D eigenvalue weighted by atomic mass is 16.5. The molecule has 0 atom stereocenters. The number of ether oxygens (including phenoxy) is 1. The third kappa shape index (κ3) is 2.13. The van der Waals surface area contributed by atoms with Gasteiger partial charge in [0.05, 0.1) is 0 Å². The third-order valence-electron chi connectivity index (χ3n) is 3.23. The topological polar surface area (TPSA) is 35.2 Å². The molecule has 0 aromatic heterocycles. The highest BCUT2D eigenvalue weighted by Crippen LogP contribution is 2.36. The molecule has 1 aliphatic heterocycles. The van der Waals surface area contributed by atoms with Gasteiger partial charge >= 0.3 is 0 Å². The predicted molar refractivity (Wildman–Crippen MR) is 79.7 cm³/mol. The van der Waals surface area contributed by atoms with Gasteiger partial charge in [0.15, 0.2) is 0 Å². The van der Waals surface area contributed by atoms with Crippen LogP contribution < -0.4 is 10.5 Å². The zero-order chi connectivity index (χ0) is 13.4. The molecule has 0 saturated carbocycles. The van der Waals surface area contributed by atoms with Crippen molar-refractivity contribution in [2.45, 2.75) is 6.92 Å². The highest BCUT2D eigenvalue weighted by molar-refractivity contribution is 5.93. The summed E-state index contributed by atoms with van der Waals surface area (Å²) in [7, 11) is 0. The van der Waals surface area contributed by atoms with Crippen molar-refractivity contribution < 1.29 is 4.74 Å². The second-order valence-corrected chi connectivity index (χ2v) is 4.75. The van der Waals surface area contributed by atoms with Crippen molar-refractivity contribution in [3.63, 3.8) is 0 Å². The lowest BCUT2D eigenvalue weighted by Gasteiger charge is -2.20. The van der Waals surface area contributed by atoms with Gasteiger partial charge in [0.25, 0.3) is 0 Å². The smallest absolute Gasteiger partial charge is 0.136 e. The number of fused-ring (bicyclic) bond motifs is 1. The van der Waals surface area contributed by atoms with Crippen molar-refractivity contribution in [1.29, 1.82) is 0 Å². The number of rotatable bonds is 1. The van der Waals surface area contributed by atoms with Gasteiger partial charge in [-0.3, -0.25) is 0 Å². The molecular formula is C17H15NO. The van der Waals surface area contributed by atoms with E-state index in [1.165, 1.54) is 5.56 Å². The minimum absolute atomic E-state index is 0.655. The average molecular weight is 249 g/mol. The van der Waals surface area contributed by atoms with Crippen LogP contribution >= 0.6 is 0 Å². The normalized spacial score (nSPS) is 13.5. The summed E-state index contributed by atoms with van der Waals surface area (Å²) in [5.74, 6) is 1.42. The number of hydrogen-bond donors (Lipinski definition) is 1. The number of hydrogen-bond acceptors (Lipinski definition) is 2. The van der Waals surface area contributed by atoms with Crippen LogP contribution in [-0.2, 0) is 0 Å². The molecule has 2 aromatic rings. The summed E-state index contributed by atoms with van der Waals surface area (Å²) >= 11 is 0. The molecule has 0 radical (unpaired) electrons. The molecule has 2 N–H and O–H groups in total. The Kier molecular flexibility index (Phi) is 2.64. The Balaban J connectivity index is 2.09. The van der Waals surface area contributed by atoms with Crippen LogP contribution in [0.25, 0.3) is 11.6 Å². The van der Waals surface area contributed by atoms with Crippen LogP contribution in [0.3, 0.4) is 0 Å². The van der Waals surface area contributed by atoms with Crippen LogP contribution in [0.4, 0.5) is 5.69 Å². The summed E-state index contributed by atoms with van der Waals surface area (Å²) in [5, 5.41) is 0. The first-order valence-corrected chi connectivity index (χ1v) is 6.19. The van der Waals surface area contributed by atoms with Gasteiger partial charge in [0, 0.05) is 22.9 Å². The minimum atomic E-state index is 0.655. The number of nitrogen functional groups attached to an aromatic ring is 1. The van der Waals surface area contributed by atoms with Crippen molar-refractivity contribution >= 4 is 17.3 Å². The molecule has 0 aliphatic carbocycles. The summed E-state index contributed by atoms with van der Waals surface area (Å²) in [4.78, 5) is 0. The highest BCUT2D eigenvalue weighted by Gasteiger charge is 2.16. The first-order valence-electron chi connectivity index (χ1n) is 6.19. The van der Waals surface area contributed by atoms with Crippen LogP contribution in [0, 0.1) is 6.92 Å². The van der Waals surface area contributed by atoms with Crippen LogP contribution in [-0.4, -0.2) is 0 Å². The van der Waals surface area contributed by atoms with Crippen LogP contribution in [0.15, 0.2) is 54.8 Å². The van der Waals surface area contributed by atoms with Crippen molar-refractivity contribution in [2.24, 2.45) is 0 Å². The summed E-state index contributed by atoms with van der Waals surface area (Å²) in [5.41, 5.74) is 10.8. The lowest BCUT2D eigenvalue weighted by atomic mass is 9.98. The van der Waals surface area contributed by atoms with Gasteiger partial charge in [0.1, 0.15) is 11.5 Å². The minimum Gasteiger partial charge on any atom is -0.457 e. The monoisotopic (exact) mass is 249 g/mol. The van der Waals surface area contributed by atoms with E-state index in [1.54, 1.807) is 0 Å². The first kappa shape index (κ1) is 11.6. The second-order valence-electron chi connectivity index (χ2n) is 4.75. The van der Waals surface area contributed by atoms with Crippen LogP contribution in [0.2, 0.25) is 0 Å². The molecule has 0 unspecified atom stereocenters. The Morgan fingerprint density at radius 3 is 2.53 bits per heavy atom. The Morgan fingerprint density at radius 1 is 1.05 bits per heavy atom. The summed E-state index contributed by atoms with van der Waals surface area (Å²) in [6, 6.07) is 14.0. The summed E-state index contributed by atoms with van der Waals surface area (Å²) in [6.45, 7) is 6.06. The van der Waals surface area contributed by atoms with E-state index < -0.39 is 0 Å². The van der Waals surface area contributed by atoms with E-state index in [0.717, 1.165) is 22.4 Å². The molecule has 0 saturated heterocycles. The quantitative estimate of drug-likeness (QED) is 0.774. The summed E-state index contributed by atoms with van der Waals surface area (Å²) < 4.78 is 5.77. The van der Waals surface area contributed by atoms with E-state index >= 15 is 0 Å². The largest absolute Gasteiger partial charge is 0.457 e. The SMILES string of the molecule is C=C1Oc2cc(N)ccc2C=C1c1ccc(C)cc1. The fraction of sp³-hybridized carbons (Fsp3) is 0.0588. The lowest BCUT2D eigenvalue weighted by Crippen LogP contribution is -2.04. The van der Waals surface area contributed by atoms with Crippen LogP contribution in [0.1, 0.15) is 16.7 Å². The summed E-state index contributed by atoms with van der Waals surface area (Å²) in [6.07, 6.45) is 2.09. The van der Waals surface area contributed by atoms with Gasteiger partial charge in [-0.2, -0.15) is 0 Å². The van der Waals surface area contributed by atoms with Crippen molar-refractivity contribution in [3.8, 4) is 5.75 Å². The molecule has 2 aromatic carbocycles. The van der Waals surface area contributed by atoms with E-state index in [2.05, 4.69) is 43.8 Å². The molecule has 94 valence electrons. The Hall–Kier alpha value is -2.48. The van der Waals surface area contributed by atoms with Crippen molar-refractivity contribution in [1.82, 2.24) is 0 Å². The van der Waals surface area contributed by atoms with Gasteiger partial charge in [-0.25, -0.2) is 0 Å². The molecule has 0 fully saturated rings. The van der Waals surface area contributed by atoms with Crippen molar-refractivity contribution in [2.75, 3.05) is 5.73 Å². The molecule has 19 heavy (non-hydrogen) atoms. The maximum absolute atomic E-state index is 5.77. The molecule has 2 heteroatoms. The van der Waals surface area contributed by atoms with E-state index in [1.807, 2.05) is 18.2 Å². The fourth-order valence-corrected chi connectivity index (χ4v) is 2.16. The Labute approximate surface area is 112 Å². The standard InChI is InChI=1S/C17H15NO/c1-11-3-5-13(6-4-11)16-9-14-7-8-15(18)10-17(14)19-12(16)2/h3-10H,2,18H2,1H3. The molecule has 2 nitrogen and oxygen atoms in total. The fourth-order valence-electron chi connectivity index (χ4n) is 2.16. The first-order chi connectivity index (χ1) is 9.13. The molecule has 1 heterocycles. The average Bonchev–Trinajstić information content (AvgIpc) is 2.39. The zero-order valence-electron chi connectivity index (χ0n) is 10.8. The Morgan fingerprint density at radius 2 is 1.79 bits per heavy atom. The molecule has 3 rings (SSSR count). The van der Waals surface area contributed by atoms with E-state index in [4.69, 9.17) is 10.5 Å². The maximum Gasteiger partial charge on any atom is 0.136 e. The van der Waals surface area contributed by atoms with Gasteiger partial charge < -0.3 is 10.5 Å².